The summed E-state index contributed by atoms with van der Waals surface area (Å²) in [7, 11) is 1.67. The number of nitrogens with two attached hydrogens (primary N) is 2. The van der Waals surface area contributed by atoms with Gasteiger partial charge in [-0.1, -0.05) is 43.0 Å². The minimum atomic E-state index is -0.378. The smallest absolute Gasteiger partial charge is 0.234 e. The molecule has 46 heavy (non-hydrogen) atoms. The van der Waals surface area contributed by atoms with Crippen LogP contribution in [0.1, 0.15) is 42.4 Å². The molecule has 2 aromatic carbocycles. The normalized spacial score (nSPS) is 22.5. The maximum absolute atomic E-state index is 13.9. The Kier molecular flexibility index (Phi) is 9.19. The molecule has 4 heterocycles. The van der Waals surface area contributed by atoms with E-state index >= 15 is 0 Å². The first-order chi connectivity index (χ1) is 22.3. The summed E-state index contributed by atoms with van der Waals surface area (Å²) >= 11 is 0. The van der Waals surface area contributed by atoms with Crippen LogP contribution in [0, 0.1) is 10.8 Å². The number of nitrogen functional groups attached to an aromatic ring is 1. The number of benzene rings is 2. The fraction of sp³-hybridized carbons (Fsp3) is 0.389. The van der Waals surface area contributed by atoms with Crippen molar-refractivity contribution in [2.75, 3.05) is 70.2 Å². The highest BCUT2D eigenvalue weighted by Gasteiger charge is 2.51. The number of rotatable bonds is 9. The molecule has 5 N–H and O–H groups in total. The number of amides is 1. The van der Waals surface area contributed by atoms with Gasteiger partial charge < -0.3 is 26.0 Å². The van der Waals surface area contributed by atoms with Crippen molar-refractivity contribution in [3.63, 3.8) is 0 Å². The van der Waals surface area contributed by atoms with Crippen LogP contribution in [0.4, 0.5) is 11.4 Å². The van der Waals surface area contributed by atoms with Gasteiger partial charge in [0.05, 0.1) is 24.3 Å². The Morgan fingerprint density at radius 2 is 1.91 bits per heavy atom. The summed E-state index contributed by atoms with van der Waals surface area (Å²) in [6, 6.07) is 13.9. The van der Waals surface area contributed by atoms with Gasteiger partial charge in [0.1, 0.15) is 12.2 Å². The SMILES string of the molecule is C=C(CN1CC[C@]2(CCN(c3ccc(N)c(C(=N)C4=CCOCC4)c3)C2=O)C1)N1CC=C(c2ccc(C(N)=NC=NC)cc2)CC1. The second-order valence-electron chi connectivity index (χ2n) is 12.6. The molecule has 1 amide bonds. The molecule has 10 heteroatoms. The van der Waals surface area contributed by atoms with Crippen molar-refractivity contribution in [3.05, 3.63) is 89.2 Å². The predicted octanol–water partition coefficient (Wildman–Crippen LogP) is 4.08. The zero-order chi connectivity index (χ0) is 32.3. The second kappa shape index (κ2) is 13.4. The highest BCUT2D eigenvalue weighted by atomic mass is 16.5. The molecule has 1 spiro atoms. The maximum Gasteiger partial charge on any atom is 0.234 e. The van der Waals surface area contributed by atoms with E-state index in [1.165, 1.54) is 17.5 Å². The number of amidine groups is 1. The van der Waals surface area contributed by atoms with Gasteiger partial charge in [-0.05, 0) is 67.1 Å². The summed E-state index contributed by atoms with van der Waals surface area (Å²) in [5.41, 5.74) is 19.9. The van der Waals surface area contributed by atoms with Crippen molar-refractivity contribution in [2.45, 2.75) is 25.7 Å². The molecule has 0 aliphatic carbocycles. The Hall–Kier alpha value is -4.54. The Balaban J connectivity index is 1.05. The first-order valence-corrected chi connectivity index (χ1v) is 16.0. The molecule has 6 rings (SSSR count). The number of carbonyl (C=O) groups excluding carboxylic acids is 1. The van der Waals surface area contributed by atoms with E-state index in [0.717, 1.165) is 74.5 Å². The lowest BCUT2D eigenvalue weighted by Gasteiger charge is -2.32. The van der Waals surface area contributed by atoms with Crippen molar-refractivity contribution >= 4 is 40.7 Å². The summed E-state index contributed by atoms with van der Waals surface area (Å²) in [4.78, 5) is 28.6. The lowest BCUT2D eigenvalue weighted by Crippen LogP contribution is -2.38. The third-order valence-electron chi connectivity index (χ3n) is 9.77. The largest absolute Gasteiger partial charge is 0.398 e. The van der Waals surface area contributed by atoms with E-state index < -0.39 is 0 Å². The summed E-state index contributed by atoms with van der Waals surface area (Å²) < 4.78 is 5.41. The van der Waals surface area contributed by atoms with Gasteiger partial charge >= 0.3 is 0 Å². The van der Waals surface area contributed by atoms with Gasteiger partial charge in [-0.15, -0.1) is 0 Å². The molecule has 0 unspecified atom stereocenters. The molecule has 2 aromatic rings. The number of anilines is 2. The number of hydrogen-bond donors (Lipinski definition) is 3. The predicted molar refractivity (Wildman–Crippen MR) is 187 cm³/mol. The molecule has 4 aliphatic heterocycles. The number of nitrogens with one attached hydrogen (secondary N) is 1. The van der Waals surface area contributed by atoms with Gasteiger partial charge in [0, 0.05) is 68.0 Å². The van der Waals surface area contributed by atoms with Crippen molar-refractivity contribution in [1.29, 1.82) is 5.41 Å². The molecule has 10 nitrogen and oxygen atoms in total. The molecule has 240 valence electrons. The topological polar surface area (TPSA) is 137 Å². The quantitative estimate of drug-likeness (QED) is 0.220. The molecule has 0 radical (unpaired) electrons. The fourth-order valence-corrected chi connectivity index (χ4v) is 7.02. The molecule has 1 atom stereocenters. The molecule has 0 saturated carbocycles. The minimum absolute atomic E-state index is 0.177. The maximum atomic E-state index is 13.9. The standard InChI is InChI=1S/C36H44N8O2/c1-25(43-15-9-27(10-16-43)26-3-5-29(6-4-26)34(39)41-24-40-2)22-42-17-13-36(23-42)14-18-44(35(36)45)30-7-8-32(37)31(21-30)33(38)28-11-19-46-20-12-28/h3-9,11,21,24,38H,1,10,12-20,22-23,37H2,2H3,(H2,39,40,41)/t36-/m0/s1. The van der Waals surface area contributed by atoms with E-state index in [4.69, 9.17) is 21.6 Å². The van der Waals surface area contributed by atoms with E-state index in [2.05, 4.69) is 44.6 Å². The van der Waals surface area contributed by atoms with Gasteiger partial charge in [0.2, 0.25) is 5.91 Å². The van der Waals surface area contributed by atoms with E-state index in [1.54, 1.807) is 7.05 Å². The first-order valence-electron chi connectivity index (χ1n) is 16.0. The fourth-order valence-electron chi connectivity index (χ4n) is 7.02. The summed E-state index contributed by atoms with van der Waals surface area (Å²) in [5, 5.41) is 8.77. The van der Waals surface area contributed by atoms with Gasteiger partial charge in [0.15, 0.2) is 0 Å². The van der Waals surface area contributed by atoms with Gasteiger partial charge in [-0.3, -0.25) is 20.1 Å². The highest BCUT2D eigenvalue weighted by molar-refractivity contribution is 6.14. The molecule has 0 bridgehead atoms. The van der Waals surface area contributed by atoms with Crippen LogP contribution in [0.25, 0.3) is 5.57 Å². The Bertz CT molecular complexity index is 1640. The zero-order valence-corrected chi connectivity index (χ0v) is 26.7. The number of nitrogens with zero attached hydrogens (tertiary/aromatic N) is 5. The number of carbonyl (C=O) groups is 1. The molecule has 2 saturated heterocycles. The van der Waals surface area contributed by atoms with Gasteiger partial charge in [0.25, 0.3) is 0 Å². The molecular weight excluding hydrogens is 576 g/mol. The second-order valence-corrected chi connectivity index (χ2v) is 12.6. The van der Waals surface area contributed by atoms with Crippen LogP contribution in [0.2, 0.25) is 0 Å². The van der Waals surface area contributed by atoms with Crippen LogP contribution in [0.3, 0.4) is 0 Å². The Labute approximate surface area is 271 Å². The molecule has 4 aliphatic rings. The Morgan fingerprint density at radius 3 is 2.63 bits per heavy atom. The lowest BCUT2D eigenvalue weighted by molar-refractivity contribution is -0.125. The van der Waals surface area contributed by atoms with Crippen molar-refractivity contribution < 1.29 is 9.53 Å². The average Bonchev–Trinajstić information content (AvgIpc) is 3.65. The van der Waals surface area contributed by atoms with E-state index in [1.807, 2.05) is 41.3 Å². The monoisotopic (exact) mass is 620 g/mol. The van der Waals surface area contributed by atoms with Crippen LogP contribution in [-0.4, -0.2) is 93.1 Å². The molecular formula is C36H44N8O2. The summed E-state index contributed by atoms with van der Waals surface area (Å²) in [6.45, 7) is 10.3. The van der Waals surface area contributed by atoms with Crippen molar-refractivity contribution in [2.24, 2.45) is 21.1 Å². The summed E-state index contributed by atoms with van der Waals surface area (Å²) in [6.07, 6.45) is 9.00. The van der Waals surface area contributed by atoms with Crippen LogP contribution in [-0.2, 0) is 9.53 Å². The van der Waals surface area contributed by atoms with Crippen LogP contribution >= 0.6 is 0 Å². The number of aliphatic imine (C=N–C) groups is 2. The van der Waals surface area contributed by atoms with Crippen molar-refractivity contribution in [1.82, 2.24) is 9.80 Å². The van der Waals surface area contributed by atoms with Crippen LogP contribution < -0.4 is 16.4 Å². The Morgan fingerprint density at radius 1 is 1.11 bits per heavy atom. The molecule has 0 aromatic heterocycles. The van der Waals surface area contributed by atoms with Crippen LogP contribution in [0.5, 0.6) is 0 Å². The third-order valence-corrected chi connectivity index (χ3v) is 9.77. The van der Waals surface area contributed by atoms with E-state index in [9.17, 15) is 4.79 Å². The van der Waals surface area contributed by atoms with Gasteiger partial charge in [-0.25, -0.2) is 4.99 Å². The van der Waals surface area contributed by atoms with E-state index in [0.29, 0.717) is 49.0 Å². The van der Waals surface area contributed by atoms with Gasteiger partial charge in [-0.2, -0.15) is 0 Å². The molecule has 2 fully saturated rings. The first kappa shape index (κ1) is 31.4. The van der Waals surface area contributed by atoms with E-state index in [-0.39, 0.29) is 11.3 Å². The highest BCUT2D eigenvalue weighted by Crippen LogP contribution is 2.43. The number of likely N-dealkylation sites (tertiary alicyclic amines) is 1. The lowest BCUT2D eigenvalue weighted by atomic mass is 9.85. The number of hydrogen-bond acceptors (Lipinski definition) is 7. The summed E-state index contributed by atoms with van der Waals surface area (Å²) in [5.74, 6) is 0.629. The third kappa shape index (κ3) is 6.41. The van der Waals surface area contributed by atoms with Crippen molar-refractivity contribution in [3.8, 4) is 0 Å². The minimum Gasteiger partial charge on any atom is -0.398 e. The average molecular weight is 621 g/mol. The zero-order valence-electron chi connectivity index (χ0n) is 26.7. The van der Waals surface area contributed by atoms with Crippen LogP contribution in [0.15, 0.2) is 82.5 Å². The number of ether oxygens (including phenoxy) is 1.